The van der Waals surface area contributed by atoms with Crippen LogP contribution >= 0.6 is 11.8 Å². The smallest absolute Gasteiger partial charge is 0.264 e. The van der Waals surface area contributed by atoms with Crippen molar-refractivity contribution in [3.8, 4) is 5.40 Å². The third-order valence-corrected chi connectivity index (χ3v) is 4.45. The topological polar surface area (TPSA) is 70.0 Å². The summed E-state index contributed by atoms with van der Waals surface area (Å²) < 4.78 is 53.3. The molecule has 108 valence electrons. The van der Waals surface area contributed by atoms with Crippen molar-refractivity contribution in [2.45, 2.75) is 9.79 Å². The zero-order chi connectivity index (χ0) is 15.5. The lowest BCUT2D eigenvalue weighted by atomic mass is 10.3. The molecule has 0 aliphatic heterocycles. The van der Waals surface area contributed by atoms with Gasteiger partial charge in [0.25, 0.3) is 10.0 Å². The van der Waals surface area contributed by atoms with Crippen molar-refractivity contribution in [3.05, 3.63) is 54.1 Å². The van der Waals surface area contributed by atoms with Crippen LogP contribution in [0.1, 0.15) is 0 Å². The third kappa shape index (κ3) is 3.51. The number of anilines is 1. The van der Waals surface area contributed by atoms with E-state index < -0.39 is 26.6 Å². The summed E-state index contributed by atoms with van der Waals surface area (Å²) in [6.45, 7) is 0. The Balaban J connectivity index is 2.34. The predicted molar refractivity (Wildman–Crippen MR) is 75.1 cm³/mol. The Kier molecular flexibility index (Phi) is 4.45. The molecule has 21 heavy (non-hydrogen) atoms. The first-order valence-electron chi connectivity index (χ1n) is 5.57. The lowest BCUT2D eigenvalue weighted by Crippen LogP contribution is -2.15. The van der Waals surface area contributed by atoms with E-state index in [-0.39, 0.29) is 5.69 Å². The van der Waals surface area contributed by atoms with Crippen LogP contribution in [0.25, 0.3) is 0 Å². The Hall–Kier alpha value is -2.11. The first kappa shape index (κ1) is 15.3. The van der Waals surface area contributed by atoms with Gasteiger partial charge in [0.2, 0.25) is 0 Å². The number of nitrogens with one attached hydrogen (secondary N) is 1. The second-order valence-electron chi connectivity index (χ2n) is 3.87. The molecule has 0 radical (unpaired) electrons. The standard InChI is InChI=1S/C13H8F2N2O2S2/c14-10-3-1-2-4-13(10)21(18,19)17-12-6-5-9(20-8-16)7-11(12)15/h1-7,17H. The quantitative estimate of drug-likeness (QED) is 0.691. The molecule has 0 unspecified atom stereocenters. The molecule has 2 aromatic rings. The van der Waals surface area contributed by atoms with Crippen LogP contribution < -0.4 is 4.72 Å². The molecule has 0 heterocycles. The minimum Gasteiger partial charge on any atom is -0.277 e. The van der Waals surface area contributed by atoms with Crippen molar-refractivity contribution in [2.75, 3.05) is 4.72 Å². The lowest BCUT2D eigenvalue weighted by Gasteiger charge is -2.10. The molecule has 0 aromatic heterocycles. The van der Waals surface area contributed by atoms with E-state index in [2.05, 4.69) is 0 Å². The Morgan fingerprint density at radius 2 is 1.81 bits per heavy atom. The van der Waals surface area contributed by atoms with Crippen LogP contribution in [0.2, 0.25) is 0 Å². The largest absolute Gasteiger partial charge is 0.277 e. The maximum Gasteiger partial charge on any atom is 0.264 e. The Morgan fingerprint density at radius 1 is 1.10 bits per heavy atom. The van der Waals surface area contributed by atoms with Gasteiger partial charge in [0, 0.05) is 4.90 Å². The Morgan fingerprint density at radius 3 is 2.43 bits per heavy atom. The van der Waals surface area contributed by atoms with Crippen molar-refractivity contribution in [3.63, 3.8) is 0 Å². The molecule has 4 nitrogen and oxygen atoms in total. The molecule has 0 aliphatic rings. The van der Waals surface area contributed by atoms with E-state index in [0.29, 0.717) is 4.90 Å². The van der Waals surface area contributed by atoms with Gasteiger partial charge in [-0.1, -0.05) is 12.1 Å². The molecule has 0 amide bonds. The Bertz CT molecular complexity index is 817. The number of thioether (sulfide) groups is 1. The molecular weight excluding hydrogens is 318 g/mol. The average Bonchev–Trinajstić information content (AvgIpc) is 2.42. The van der Waals surface area contributed by atoms with Gasteiger partial charge in [-0.15, -0.1) is 0 Å². The average molecular weight is 326 g/mol. The number of hydrogen-bond acceptors (Lipinski definition) is 4. The first-order valence-corrected chi connectivity index (χ1v) is 7.87. The van der Waals surface area contributed by atoms with E-state index in [1.807, 2.05) is 4.72 Å². The summed E-state index contributed by atoms with van der Waals surface area (Å²) in [4.78, 5) is -0.233. The van der Waals surface area contributed by atoms with Crippen LogP contribution in [-0.2, 0) is 10.0 Å². The summed E-state index contributed by atoms with van der Waals surface area (Å²) >= 11 is 0.743. The van der Waals surface area contributed by atoms with Crippen molar-refractivity contribution >= 4 is 27.5 Å². The molecule has 0 fully saturated rings. The minimum atomic E-state index is -4.23. The van der Waals surface area contributed by atoms with Gasteiger partial charge in [-0.25, -0.2) is 17.2 Å². The number of nitriles is 1. The monoisotopic (exact) mass is 326 g/mol. The lowest BCUT2D eigenvalue weighted by molar-refractivity contribution is 0.569. The van der Waals surface area contributed by atoms with Crippen molar-refractivity contribution < 1.29 is 17.2 Å². The van der Waals surface area contributed by atoms with Gasteiger partial charge in [0.1, 0.15) is 21.9 Å². The molecule has 8 heteroatoms. The highest BCUT2D eigenvalue weighted by Crippen LogP contribution is 2.25. The van der Waals surface area contributed by atoms with Crippen LogP contribution in [0.15, 0.2) is 52.3 Å². The molecule has 0 aliphatic carbocycles. The van der Waals surface area contributed by atoms with Gasteiger partial charge in [0.05, 0.1) is 5.69 Å². The van der Waals surface area contributed by atoms with Crippen LogP contribution in [0.3, 0.4) is 0 Å². The molecule has 2 rings (SSSR count). The number of nitrogens with zero attached hydrogens (tertiary/aromatic N) is 1. The molecular formula is C13H8F2N2O2S2. The van der Waals surface area contributed by atoms with Crippen LogP contribution in [-0.4, -0.2) is 8.42 Å². The zero-order valence-corrected chi connectivity index (χ0v) is 12.0. The summed E-state index contributed by atoms with van der Waals surface area (Å²) in [5.74, 6) is -1.78. The second kappa shape index (κ2) is 6.11. The fraction of sp³-hybridized carbons (Fsp3) is 0. The van der Waals surface area contributed by atoms with Crippen molar-refractivity contribution in [1.29, 1.82) is 5.26 Å². The number of halogens is 2. The summed E-state index contributed by atoms with van der Waals surface area (Å²) in [6.07, 6.45) is 0. The maximum atomic E-state index is 13.8. The predicted octanol–water partition coefficient (Wildman–Crippen LogP) is 3.34. The number of thiocyanates is 1. The van der Waals surface area contributed by atoms with Crippen LogP contribution in [0.4, 0.5) is 14.5 Å². The number of benzene rings is 2. The highest BCUT2D eigenvalue weighted by molar-refractivity contribution is 8.03. The van der Waals surface area contributed by atoms with Gasteiger partial charge in [-0.2, -0.15) is 5.26 Å². The van der Waals surface area contributed by atoms with Gasteiger partial charge in [-0.3, -0.25) is 4.72 Å². The van der Waals surface area contributed by atoms with Crippen molar-refractivity contribution in [1.82, 2.24) is 0 Å². The van der Waals surface area contributed by atoms with Crippen molar-refractivity contribution in [2.24, 2.45) is 0 Å². The highest BCUT2D eigenvalue weighted by Gasteiger charge is 2.20. The fourth-order valence-electron chi connectivity index (χ4n) is 1.56. The molecule has 2 aromatic carbocycles. The van der Waals surface area contributed by atoms with E-state index in [1.165, 1.54) is 24.3 Å². The molecule has 0 saturated heterocycles. The minimum absolute atomic E-state index is 0.319. The Labute approximate surface area is 124 Å². The maximum absolute atomic E-state index is 13.8. The summed E-state index contributed by atoms with van der Waals surface area (Å²) in [5, 5.41) is 10.3. The van der Waals surface area contributed by atoms with Crippen LogP contribution in [0.5, 0.6) is 0 Å². The summed E-state index contributed by atoms with van der Waals surface area (Å²) in [5.41, 5.74) is -0.319. The van der Waals surface area contributed by atoms with E-state index >= 15 is 0 Å². The van der Waals surface area contributed by atoms with Crippen LogP contribution in [0, 0.1) is 22.3 Å². The second-order valence-corrected chi connectivity index (χ2v) is 6.38. The number of sulfonamides is 1. The van der Waals surface area contributed by atoms with Gasteiger partial charge in [-0.05, 0) is 42.1 Å². The van der Waals surface area contributed by atoms with E-state index in [4.69, 9.17) is 5.26 Å². The van der Waals surface area contributed by atoms with E-state index in [9.17, 15) is 17.2 Å². The summed E-state index contributed by atoms with van der Waals surface area (Å²) in [6, 6.07) is 8.37. The van der Waals surface area contributed by atoms with E-state index in [1.54, 1.807) is 5.40 Å². The SMILES string of the molecule is N#CSc1ccc(NS(=O)(=O)c2ccccc2F)c(F)c1. The normalized spacial score (nSPS) is 10.9. The highest BCUT2D eigenvalue weighted by atomic mass is 32.2. The summed E-state index contributed by atoms with van der Waals surface area (Å²) in [7, 11) is -4.23. The number of rotatable bonds is 4. The third-order valence-electron chi connectivity index (χ3n) is 2.47. The molecule has 0 bridgehead atoms. The van der Waals surface area contributed by atoms with Gasteiger partial charge < -0.3 is 0 Å². The van der Waals surface area contributed by atoms with E-state index in [0.717, 1.165) is 30.0 Å². The van der Waals surface area contributed by atoms with Gasteiger partial charge >= 0.3 is 0 Å². The molecule has 1 N–H and O–H groups in total. The first-order chi connectivity index (χ1) is 9.94. The fourth-order valence-corrected chi connectivity index (χ4v) is 3.11. The molecule has 0 spiro atoms. The number of hydrogen-bond donors (Lipinski definition) is 1. The van der Waals surface area contributed by atoms with Gasteiger partial charge in [0.15, 0.2) is 0 Å². The molecule has 0 saturated carbocycles. The molecule has 0 atom stereocenters. The zero-order valence-electron chi connectivity index (χ0n) is 10.4.